The maximum atomic E-state index is 5.14. The Hall–Kier alpha value is -1.28. The molecule has 0 fully saturated rings. The minimum atomic E-state index is 0.284. The first-order chi connectivity index (χ1) is 10.7. The Kier molecular flexibility index (Phi) is 13.7. The maximum absolute atomic E-state index is 5.14. The zero-order valence-electron chi connectivity index (χ0n) is 15.9. The van der Waals surface area contributed by atoms with E-state index in [0.717, 1.165) is 16.5 Å². The predicted octanol–water partition coefficient (Wildman–Crippen LogP) is 6.89. The Morgan fingerprint density at radius 2 is 1.65 bits per heavy atom. The van der Waals surface area contributed by atoms with E-state index < -0.39 is 0 Å². The lowest BCUT2D eigenvalue weighted by Gasteiger charge is -2.18. The van der Waals surface area contributed by atoms with Crippen LogP contribution in [0.15, 0.2) is 59.3 Å². The van der Waals surface area contributed by atoms with Gasteiger partial charge in [-0.3, -0.25) is 0 Å². The summed E-state index contributed by atoms with van der Waals surface area (Å²) in [5.74, 6) is 0. The van der Waals surface area contributed by atoms with Gasteiger partial charge in [-0.15, -0.1) is 0 Å². The van der Waals surface area contributed by atoms with Crippen LogP contribution in [-0.4, -0.2) is 0 Å². The van der Waals surface area contributed by atoms with Crippen molar-refractivity contribution in [2.24, 2.45) is 5.73 Å². The van der Waals surface area contributed by atoms with E-state index in [-0.39, 0.29) is 5.41 Å². The number of aryl methyl sites for hydroxylation is 1. The standard InChI is InChI=1S/C12H18.C7H10BrN.C2H6/c1-5-10-6-8-11(9-7-10)12(2,3)4;1-6(3-4-9)5-7(2)8;1-2/h6-9H,5H2,1-4H3;3-5H,2,9H2,1H3;1-2H3/b;4-3-,6-5-;. The third-order valence-corrected chi connectivity index (χ3v) is 3.20. The fraction of sp³-hybridized carbons (Fsp3) is 0.429. The van der Waals surface area contributed by atoms with Gasteiger partial charge in [0.1, 0.15) is 0 Å². The number of rotatable bonds is 3. The zero-order chi connectivity index (χ0) is 18.5. The van der Waals surface area contributed by atoms with Crippen LogP contribution in [0.5, 0.6) is 0 Å². The molecule has 0 saturated heterocycles. The molecule has 1 rings (SSSR count). The summed E-state index contributed by atoms with van der Waals surface area (Å²) in [4.78, 5) is 0. The van der Waals surface area contributed by atoms with E-state index in [0.29, 0.717) is 0 Å². The van der Waals surface area contributed by atoms with Crippen molar-refractivity contribution >= 4 is 15.9 Å². The fourth-order valence-electron chi connectivity index (χ4n) is 1.69. The Morgan fingerprint density at radius 3 is 1.96 bits per heavy atom. The van der Waals surface area contributed by atoms with Crippen LogP contribution in [-0.2, 0) is 11.8 Å². The predicted molar refractivity (Wildman–Crippen MR) is 111 cm³/mol. The number of hydrogen-bond acceptors (Lipinski definition) is 1. The summed E-state index contributed by atoms with van der Waals surface area (Å²) in [5.41, 5.74) is 9.34. The van der Waals surface area contributed by atoms with Crippen molar-refractivity contribution in [3.8, 4) is 0 Å². The molecule has 0 bridgehead atoms. The molecule has 0 heterocycles. The van der Waals surface area contributed by atoms with Crippen LogP contribution in [0.3, 0.4) is 0 Å². The van der Waals surface area contributed by atoms with E-state index in [1.54, 1.807) is 0 Å². The Bertz CT molecular complexity index is 488. The van der Waals surface area contributed by atoms with Crippen molar-refractivity contribution in [1.29, 1.82) is 0 Å². The quantitative estimate of drug-likeness (QED) is 0.568. The van der Waals surface area contributed by atoms with Crippen LogP contribution in [0.4, 0.5) is 0 Å². The van der Waals surface area contributed by atoms with Crippen molar-refractivity contribution in [2.75, 3.05) is 0 Å². The first-order valence-electron chi connectivity index (χ1n) is 8.21. The van der Waals surface area contributed by atoms with Crippen LogP contribution in [0.25, 0.3) is 0 Å². The minimum absolute atomic E-state index is 0.284. The van der Waals surface area contributed by atoms with Crippen molar-refractivity contribution in [1.82, 2.24) is 0 Å². The summed E-state index contributed by atoms with van der Waals surface area (Å²) in [6.45, 7) is 18.5. The SMILES string of the molecule is C=C(Br)/C=C(C)\C=C/N.CC.CCc1ccc(C(C)(C)C)cc1. The molecule has 0 saturated carbocycles. The third-order valence-electron chi connectivity index (χ3n) is 2.97. The summed E-state index contributed by atoms with van der Waals surface area (Å²) in [5, 5.41) is 0. The van der Waals surface area contributed by atoms with E-state index in [1.165, 1.54) is 17.3 Å². The Labute approximate surface area is 152 Å². The number of benzene rings is 1. The lowest BCUT2D eigenvalue weighted by Crippen LogP contribution is -2.10. The van der Waals surface area contributed by atoms with Crippen LogP contribution in [0, 0.1) is 0 Å². The molecule has 0 spiro atoms. The largest absolute Gasteiger partial charge is 0.405 e. The number of halogens is 1. The molecular formula is C21H34BrN. The molecule has 2 heteroatoms. The zero-order valence-corrected chi connectivity index (χ0v) is 17.5. The van der Waals surface area contributed by atoms with Gasteiger partial charge in [-0.2, -0.15) is 0 Å². The van der Waals surface area contributed by atoms with Gasteiger partial charge in [0.25, 0.3) is 0 Å². The van der Waals surface area contributed by atoms with E-state index in [1.807, 2.05) is 32.9 Å². The van der Waals surface area contributed by atoms with Gasteiger partial charge in [0, 0.05) is 4.48 Å². The third kappa shape index (κ3) is 12.9. The lowest BCUT2D eigenvalue weighted by atomic mass is 9.86. The average Bonchev–Trinajstić information content (AvgIpc) is 2.48. The summed E-state index contributed by atoms with van der Waals surface area (Å²) in [7, 11) is 0. The van der Waals surface area contributed by atoms with E-state index in [2.05, 4.69) is 74.5 Å². The second-order valence-electron chi connectivity index (χ2n) is 5.99. The highest BCUT2D eigenvalue weighted by atomic mass is 79.9. The lowest BCUT2D eigenvalue weighted by molar-refractivity contribution is 0.590. The van der Waals surface area contributed by atoms with E-state index in [4.69, 9.17) is 5.73 Å². The molecule has 2 N–H and O–H groups in total. The highest BCUT2D eigenvalue weighted by Gasteiger charge is 2.12. The molecule has 0 aliphatic carbocycles. The summed E-state index contributed by atoms with van der Waals surface area (Å²) >= 11 is 3.20. The van der Waals surface area contributed by atoms with Crippen molar-refractivity contribution in [3.05, 3.63) is 70.4 Å². The Balaban J connectivity index is 0. The second kappa shape index (κ2) is 13.2. The molecule has 1 aromatic rings. The first kappa shape index (κ1) is 24.0. The second-order valence-corrected chi connectivity index (χ2v) is 7.01. The maximum Gasteiger partial charge on any atom is 0.0106 e. The monoisotopic (exact) mass is 379 g/mol. The summed E-state index contributed by atoms with van der Waals surface area (Å²) < 4.78 is 0.859. The smallest absolute Gasteiger partial charge is 0.0106 e. The molecule has 0 atom stereocenters. The van der Waals surface area contributed by atoms with Gasteiger partial charge in [-0.05, 0) is 53.8 Å². The van der Waals surface area contributed by atoms with Crippen LogP contribution < -0.4 is 5.73 Å². The average molecular weight is 380 g/mol. The van der Waals surface area contributed by atoms with Gasteiger partial charge in [0.2, 0.25) is 0 Å². The topological polar surface area (TPSA) is 26.0 Å². The van der Waals surface area contributed by atoms with Crippen molar-refractivity contribution < 1.29 is 0 Å². The van der Waals surface area contributed by atoms with Gasteiger partial charge in [0.05, 0.1) is 0 Å². The molecule has 1 aromatic carbocycles. The molecular weight excluding hydrogens is 346 g/mol. The highest BCUT2D eigenvalue weighted by molar-refractivity contribution is 9.11. The van der Waals surface area contributed by atoms with Crippen LogP contribution in [0.2, 0.25) is 0 Å². The molecule has 0 amide bonds. The molecule has 0 aliphatic rings. The molecule has 0 aromatic heterocycles. The molecule has 0 aliphatic heterocycles. The molecule has 23 heavy (non-hydrogen) atoms. The molecule has 0 unspecified atom stereocenters. The van der Waals surface area contributed by atoms with Gasteiger partial charge >= 0.3 is 0 Å². The fourth-order valence-corrected chi connectivity index (χ4v) is 2.05. The van der Waals surface area contributed by atoms with Crippen molar-refractivity contribution in [2.45, 2.75) is 60.3 Å². The molecule has 1 nitrogen and oxygen atoms in total. The van der Waals surface area contributed by atoms with Crippen LogP contribution in [0.1, 0.15) is 59.6 Å². The number of hydrogen-bond donors (Lipinski definition) is 1. The summed E-state index contributed by atoms with van der Waals surface area (Å²) in [6, 6.07) is 8.92. The van der Waals surface area contributed by atoms with Gasteiger partial charge in [-0.25, -0.2) is 0 Å². The van der Waals surface area contributed by atoms with Gasteiger partial charge in [-0.1, -0.05) is 88.3 Å². The molecule has 0 radical (unpaired) electrons. The van der Waals surface area contributed by atoms with Crippen LogP contribution >= 0.6 is 15.9 Å². The Morgan fingerprint density at radius 1 is 1.17 bits per heavy atom. The van der Waals surface area contributed by atoms with Gasteiger partial charge in [0.15, 0.2) is 0 Å². The minimum Gasteiger partial charge on any atom is -0.405 e. The number of allylic oxidation sites excluding steroid dienone is 4. The van der Waals surface area contributed by atoms with E-state index >= 15 is 0 Å². The van der Waals surface area contributed by atoms with Crippen molar-refractivity contribution in [3.63, 3.8) is 0 Å². The number of nitrogens with two attached hydrogens (primary N) is 1. The van der Waals surface area contributed by atoms with Gasteiger partial charge < -0.3 is 5.73 Å². The van der Waals surface area contributed by atoms with E-state index in [9.17, 15) is 0 Å². The first-order valence-corrected chi connectivity index (χ1v) is 9.00. The molecule has 130 valence electrons. The summed E-state index contributed by atoms with van der Waals surface area (Å²) in [6.07, 6.45) is 6.34. The normalized spacial score (nSPS) is 11.2. The highest BCUT2D eigenvalue weighted by Crippen LogP contribution is 2.22.